The van der Waals surface area contributed by atoms with Gasteiger partial charge in [-0.25, -0.2) is 0 Å². The van der Waals surface area contributed by atoms with Crippen molar-refractivity contribution in [1.29, 1.82) is 0 Å². The van der Waals surface area contributed by atoms with Crippen LogP contribution in [0.3, 0.4) is 0 Å². The van der Waals surface area contributed by atoms with E-state index in [0.717, 1.165) is 13.1 Å². The van der Waals surface area contributed by atoms with Crippen molar-refractivity contribution in [2.45, 2.75) is 38.6 Å². The molecule has 1 rings (SSSR count). The van der Waals surface area contributed by atoms with Gasteiger partial charge in [-0.1, -0.05) is 0 Å². The first kappa shape index (κ1) is 11.9. The van der Waals surface area contributed by atoms with E-state index < -0.39 is 0 Å². The minimum absolute atomic E-state index is 0.0682. The van der Waals surface area contributed by atoms with Crippen LogP contribution in [0, 0.1) is 0 Å². The van der Waals surface area contributed by atoms with Crippen molar-refractivity contribution in [3.8, 4) is 0 Å². The van der Waals surface area contributed by atoms with Crippen molar-refractivity contribution in [1.82, 2.24) is 5.32 Å². The normalized spacial score (nSPS) is 28.3. The molecule has 0 bridgehead atoms. The van der Waals surface area contributed by atoms with E-state index in [0.29, 0.717) is 6.61 Å². The molecular weight excluding hydrogens is 182 g/mol. The maximum absolute atomic E-state index is 8.66. The zero-order valence-electron chi connectivity index (χ0n) is 9.25. The maximum atomic E-state index is 8.66. The SMILES string of the molecule is CC(C)(C)O[C@@H]1CNC[C@H]1OCCO. The molecule has 0 aromatic rings. The van der Waals surface area contributed by atoms with E-state index in [2.05, 4.69) is 5.32 Å². The van der Waals surface area contributed by atoms with Crippen molar-refractivity contribution in [3.63, 3.8) is 0 Å². The second kappa shape index (κ2) is 5.07. The molecule has 2 atom stereocenters. The van der Waals surface area contributed by atoms with Gasteiger partial charge < -0.3 is 19.9 Å². The molecule has 0 aromatic carbocycles. The lowest BCUT2D eigenvalue weighted by Gasteiger charge is -2.28. The van der Waals surface area contributed by atoms with E-state index in [1.807, 2.05) is 20.8 Å². The van der Waals surface area contributed by atoms with Crippen LogP contribution in [0.25, 0.3) is 0 Å². The molecule has 1 fully saturated rings. The number of hydrogen-bond donors (Lipinski definition) is 2. The van der Waals surface area contributed by atoms with Gasteiger partial charge in [0.1, 0.15) is 0 Å². The summed E-state index contributed by atoms with van der Waals surface area (Å²) in [6.07, 6.45) is 0.169. The Hall–Kier alpha value is -0.160. The van der Waals surface area contributed by atoms with E-state index in [-0.39, 0.29) is 24.4 Å². The highest BCUT2D eigenvalue weighted by Gasteiger charge is 2.31. The predicted molar refractivity (Wildman–Crippen MR) is 54.3 cm³/mol. The van der Waals surface area contributed by atoms with Gasteiger partial charge in [0.05, 0.1) is 31.0 Å². The third-order valence-electron chi connectivity index (χ3n) is 2.03. The highest BCUT2D eigenvalue weighted by molar-refractivity contribution is 4.84. The molecule has 0 spiro atoms. The molecule has 4 heteroatoms. The predicted octanol–water partition coefficient (Wildman–Crippen LogP) is 0.151. The van der Waals surface area contributed by atoms with Crippen molar-refractivity contribution < 1.29 is 14.6 Å². The minimum atomic E-state index is -0.141. The van der Waals surface area contributed by atoms with Crippen LogP contribution in [-0.4, -0.2) is 49.2 Å². The fourth-order valence-corrected chi connectivity index (χ4v) is 1.57. The first-order chi connectivity index (χ1) is 6.53. The van der Waals surface area contributed by atoms with Crippen molar-refractivity contribution >= 4 is 0 Å². The van der Waals surface area contributed by atoms with E-state index in [1.54, 1.807) is 0 Å². The highest BCUT2D eigenvalue weighted by atomic mass is 16.6. The fourth-order valence-electron chi connectivity index (χ4n) is 1.57. The van der Waals surface area contributed by atoms with Gasteiger partial charge in [0.2, 0.25) is 0 Å². The Bertz CT molecular complexity index is 167. The lowest BCUT2D eigenvalue weighted by atomic mass is 10.1. The molecule has 1 aliphatic rings. The monoisotopic (exact) mass is 203 g/mol. The Kier molecular flexibility index (Phi) is 4.31. The van der Waals surface area contributed by atoms with Gasteiger partial charge in [-0.2, -0.15) is 0 Å². The Morgan fingerprint density at radius 3 is 2.50 bits per heavy atom. The topological polar surface area (TPSA) is 50.7 Å². The molecule has 4 nitrogen and oxygen atoms in total. The van der Waals surface area contributed by atoms with Gasteiger partial charge in [0, 0.05) is 13.1 Å². The summed E-state index contributed by atoms with van der Waals surface area (Å²) in [5.41, 5.74) is -0.141. The molecule has 0 saturated carbocycles. The molecule has 14 heavy (non-hydrogen) atoms. The number of aliphatic hydroxyl groups is 1. The van der Waals surface area contributed by atoms with E-state index in [9.17, 15) is 0 Å². The van der Waals surface area contributed by atoms with Crippen molar-refractivity contribution in [2.24, 2.45) is 0 Å². The van der Waals surface area contributed by atoms with Crippen molar-refractivity contribution in [2.75, 3.05) is 26.3 Å². The highest BCUT2D eigenvalue weighted by Crippen LogP contribution is 2.17. The minimum Gasteiger partial charge on any atom is -0.394 e. The Balaban J connectivity index is 2.35. The summed E-state index contributed by atoms with van der Waals surface area (Å²) in [4.78, 5) is 0. The summed E-state index contributed by atoms with van der Waals surface area (Å²) in [5.74, 6) is 0. The number of ether oxygens (including phenoxy) is 2. The fraction of sp³-hybridized carbons (Fsp3) is 1.00. The Morgan fingerprint density at radius 1 is 1.29 bits per heavy atom. The summed E-state index contributed by atoms with van der Waals surface area (Å²) in [6, 6.07) is 0. The first-order valence-corrected chi connectivity index (χ1v) is 5.14. The molecule has 1 heterocycles. The molecule has 2 N–H and O–H groups in total. The number of nitrogens with one attached hydrogen (secondary N) is 1. The quantitative estimate of drug-likeness (QED) is 0.683. The molecular formula is C10H21NO3. The Morgan fingerprint density at radius 2 is 1.93 bits per heavy atom. The summed E-state index contributed by atoms with van der Waals surface area (Å²) in [7, 11) is 0. The second-order valence-corrected chi connectivity index (χ2v) is 4.56. The van der Waals surface area contributed by atoms with Gasteiger partial charge >= 0.3 is 0 Å². The molecule has 0 unspecified atom stereocenters. The van der Waals surface area contributed by atoms with Crippen LogP contribution in [0.15, 0.2) is 0 Å². The van der Waals surface area contributed by atoms with Crippen LogP contribution in [-0.2, 0) is 9.47 Å². The summed E-state index contributed by atoms with van der Waals surface area (Å²) >= 11 is 0. The largest absolute Gasteiger partial charge is 0.394 e. The van der Waals surface area contributed by atoms with Gasteiger partial charge in [0.15, 0.2) is 0 Å². The first-order valence-electron chi connectivity index (χ1n) is 5.14. The van der Waals surface area contributed by atoms with Crippen LogP contribution in [0.1, 0.15) is 20.8 Å². The molecule has 1 saturated heterocycles. The van der Waals surface area contributed by atoms with Crippen LogP contribution >= 0.6 is 0 Å². The van der Waals surface area contributed by atoms with Crippen LogP contribution in [0.5, 0.6) is 0 Å². The average Bonchev–Trinajstić information content (AvgIpc) is 2.45. The smallest absolute Gasteiger partial charge is 0.0980 e. The third-order valence-corrected chi connectivity index (χ3v) is 2.03. The van der Waals surface area contributed by atoms with Gasteiger partial charge in [0.25, 0.3) is 0 Å². The van der Waals surface area contributed by atoms with E-state index in [1.165, 1.54) is 0 Å². The second-order valence-electron chi connectivity index (χ2n) is 4.56. The molecule has 0 aliphatic carbocycles. The Labute approximate surface area is 85.6 Å². The molecule has 0 aromatic heterocycles. The van der Waals surface area contributed by atoms with Gasteiger partial charge in [-0.3, -0.25) is 0 Å². The van der Waals surface area contributed by atoms with E-state index in [4.69, 9.17) is 14.6 Å². The van der Waals surface area contributed by atoms with Crippen LogP contribution in [0.4, 0.5) is 0 Å². The van der Waals surface area contributed by atoms with Crippen molar-refractivity contribution in [3.05, 3.63) is 0 Å². The molecule has 1 aliphatic heterocycles. The zero-order chi connectivity index (χ0) is 10.6. The molecule has 0 amide bonds. The van der Waals surface area contributed by atoms with Gasteiger partial charge in [-0.15, -0.1) is 0 Å². The summed E-state index contributed by atoms with van der Waals surface area (Å²) < 4.78 is 11.3. The maximum Gasteiger partial charge on any atom is 0.0980 e. The third kappa shape index (κ3) is 3.92. The van der Waals surface area contributed by atoms with Gasteiger partial charge in [-0.05, 0) is 20.8 Å². The molecule has 84 valence electrons. The zero-order valence-corrected chi connectivity index (χ0v) is 9.25. The number of aliphatic hydroxyl groups excluding tert-OH is 1. The summed E-state index contributed by atoms with van der Waals surface area (Å²) in [6.45, 7) is 8.19. The number of hydrogen-bond acceptors (Lipinski definition) is 4. The average molecular weight is 203 g/mol. The van der Waals surface area contributed by atoms with Crippen LogP contribution in [0.2, 0.25) is 0 Å². The van der Waals surface area contributed by atoms with Crippen LogP contribution < -0.4 is 5.32 Å². The molecule has 0 radical (unpaired) electrons. The summed E-state index contributed by atoms with van der Waals surface area (Å²) in [5, 5.41) is 11.9. The lowest BCUT2D eigenvalue weighted by Crippen LogP contribution is -2.37. The standard InChI is InChI=1S/C10H21NO3/c1-10(2,3)14-9-7-11-6-8(9)13-5-4-12/h8-9,11-12H,4-7H2,1-3H3/t8-,9-/m1/s1. The number of rotatable bonds is 4. The van der Waals surface area contributed by atoms with E-state index >= 15 is 0 Å². The lowest BCUT2D eigenvalue weighted by molar-refractivity contribution is -0.111.